The summed E-state index contributed by atoms with van der Waals surface area (Å²) in [4.78, 5) is 7.84. The number of nitrogens with zero attached hydrogens (tertiary/aromatic N) is 2. The maximum atomic E-state index is 3.94. The molecule has 0 bridgehead atoms. The van der Waals surface area contributed by atoms with Gasteiger partial charge in [0.05, 0.1) is 0 Å². The van der Waals surface area contributed by atoms with Crippen molar-refractivity contribution in [3.05, 3.63) is 0 Å². The molecule has 0 aromatic rings. The first kappa shape index (κ1) is 13.0. The zero-order valence-electron chi connectivity index (χ0n) is 8.39. The summed E-state index contributed by atoms with van der Waals surface area (Å²) in [7, 11) is 0. The lowest BCUT2D eigenvalue weighted by Crippen LogP contribution is -1.80. The van der Waals surface area contributed by atoms with Gasteiger partial charge in [-0.1, -0.05) is 20.3 Å². The molecule has 0 heterocycles. The summed E-state index contributed by atoms with van der Waals surface area (Å²) in [5.41, 5.74) is 1.04. The maximum Gasteiger partial charge on any atom is 0.109 e. The zero-order valence-corrected chi connectivity index (χ0v) is 8.39. The Balaban J connectivity index is 0. The van der Waals surface area contributed by atoms with Gasteiger partial charge in [-0.05, 0) is 20.8 Å². The fraction of sp³-hybridized carbons (Fsp3) is 0.778. The maximum absolute atomic E-state index is 3.94. The molecule has 2 heteroatoms. The van der Waals surface area contributed by atoms with Crippen molar-refractivity contribution in [2.24, 2.45) is 9.98 Å². The minimum atomic E-state index is 0.816. The van der Waals surface area contributed by atoms with Crippen LogP contribution in [0.2, 0.25) is 0 Å². The normalized spacial score (nSPS) is 8.82. The predicted molar refractivity (Wildman–Crippen MR) is 53.8 cm³/mol. The lowest BCUT2D eigenvalue weighted by Gasteiger charge is -1.80. The van der Waals surface area contributed by atoms with Crippen molar-refractivity contribution in [3.63, 3.8) is 0 Å². The SMILES string of the molecule is CCC.CCN=CN=C(C)C. The molecule has 0 fully saturated rings. The number of hydrogen-bond donors (Lipinski definition) is 0. The average Bonchev–Trinajstić information content (AvgIpc) is 1.89. The van der Waals surface area contributed by atoms with Gasteiger partial charge in [-0.3, -0.25) is 4.99 Å². The third-order valence-corrected chi connectivity index (χ3v) is 0.580. The van der Waals surface area contributed by atoms with E-state index in [1.807, 2.05) is 20.8 Å². The monoisotopic (exact) mass is 156 g/mol. The van der Waals surface area contributed by atoms with Gasteiger partial charge in [0.15, 0.2) is 0 Å². The molecule has 2 nitrogen and oxygen atoms in total. The van der Waals surface area contributed by atoms with E-state index in [1.165, 1.54) is 6.42 Å². The minimum Gasteiger partial charge on any atom is -0.274 e. The van der Waals surface area contributed by atoms with Gasteiger partial charge in [-0.15, -0.1) is 0 Å². The van der Waals surface area contributed by atoms with Crippen LogP contribution in [0.1, 0.15) is 41.0 Å². The first-order valence-electron chi connectivity index (χ1n) is 4.18. The molecule has 0 unspecified atom stereocenters. The van der Waals surface area contributed by atoms with Gasteiger partial charge in [0.25, 0.3) is 0 Å². The summed E-state index contributed by atoms with van der Waals surface area (Å²) in [6.45, 7) is 10.9. The summed E-state index contributed by atoms with van der Waals surface area (Å²) in [6, 6.07) is 0. The molecule has 0 radical (unpaired) electrons. The Kier molecular flexibility index (Phi) is 14.2. The van der Waals surface area contributed by atoms with Crippen LogP contribution in [0.5, 0.6) is 0 Å². The highest BCUT2D eigenvalue weighted by atomic mass is 14.8. The Hall–Kier alpha value is -0.660. The molecular weight excluding hydrogens is 136 g/mol. The van der Waals surface area contributed by atoms with Crippen LogP contribution in [0.15, 0.2) is 9.98 Å². The molecule has 0 aliphatic carbocycles. The molecule has 0 spiro atoms. The lowest BCUT2D eigenvalue weighted by molar-refractivity contribution is 1.09. The van der Waals surface area contributed by atoms with Crippen molar-refractivity contribution in [2.75, 3.05) is 6.54 Å². The van der Waals surface area contributed by atoms with Gasteiger partial charge in [-0.2, -0.15) is 0 Å². The van der Waals surface area contributed by atoms with Crippen molar-refractivity contribution in [3.8, 4) is 0 Å². The third kappa shape index (κ3) is 26.7. The summed E-state index contributed by atoms with van der Waals surface area (Å²) >= 11 is 0. The third-order valence-electron chi connectivity index (χ3n) is 0.580. The van der Waals surface area contributed by atoms with Crippen LogP contribution in [-0.4, -0.2) is 18.6 Å². The van der Waals surface area contributed by atoms with Crippen LogP contribution in [0.25, 0.3) is 0 Å². The average molecular weight is 156 g/mol. The van der Waals surface area contributed by atoms with Crippen LogP contribution in [0, 0.1) is 0 Å². The van der Waals surface area contributed by atoms with Crippen molar-refractivity contribution < 1.29 is 0 Å². The van der Waals surface area contributed by atoms with Crippen molar-refractivity contribution in [1.82, 2.24) is 0 Å². The Morgan fingerprint density at radius 1 is 1.18 bits per heavy atom. The highest BCUT2D eigenvalue weighted by Crippen LogP contribution is 1.70. The molecule has 0 aliphatic rings. The number of aliphatic imine (C=N–C) groups is 2. The van der Waals surface area contributed by atoms with E-state index in [0.717, 1.165) is 12.3 Å². The zero-order chi connectivity index (χ0) is 9.11. The standard InChI is InChI=1S/C6H12N2.C3H8/c1-4-7-5-8-6(2)3;1-3-2/h5H,4H2,1-3H3;3H2,1-2H3. The first-order chi connectivity index (χ1) is 5.18. The van der Waals surface area contributed by atoms with Crippen molar-refractivity contribution in [1.29, 1.82) is 0 Å². The molecule has 0 aromatic carbocycles. The Labute approximate surface area is 70.5 Å². The van der Waals surface area contributed by atoms with Gasteiger partial charge < -0.3 is 0 Å². The van der Waals surface area contributed by atoms with E-state index in [2.05, 4.69) is 23.8 Å². The minimum absolute atomic E-state index is 0.816. The molecule has 0 saturated carbocycles. The molecule has 66 valence electrons. The topological polar surface area (TPSA) is 24.7 Å². The Bertz CT molecular complexity index is 111. The molecule has 0 aliphatic heterocycles. The predicted octanol–water partition coefficient (Wildman–Crippen LogP) is 2.93. The largest absolute Gasteiger partial charge is 0.274 e. The van der Waals surface area contributed by atoms with E-state index in [0.29, 0.717) is 0 Å². The smallest absolute Gasteiger partial charge is 0.109 e. The highest BCUT2D eigenvalue weighted by Gasteiger charge is 1.69. The quantitative estimate of drug-likeness (QED) is 0.434. The number of hydrogen-bond acceptors (Lipinski definition) is 1. The van der Waals surface area contributed by atoms with Gasteiger partial charge in [-0.25, -0.2) is 4.99 Å². The molecule has 0 rings (SSSR count). The van der Waals surface area contributed by atoms with Crippen molar-refractivity contribution >= 4 is 12.1 Å². The van der Waals surface area contributed by atoms with Crippen molar-refractivity contribution in [2.45, 2.75) is 41.0 Å². The summed E-state index contributed by atoms with van der Waals surface area (Å²) in [6.07, 6.45) is 2.84. The van der Waals surface area contributed by atoms with Gasteiger partial charge in [0.1, 0.15) is 6.34 Å². The van der Waals surface area contributed by atoms with Crippen LogP contribution in [0.4, 0.5) is 0 Å². The van der Waals surface area contributed by atoms with Crippen LogP contribution < -0.4 is 0 Å². The fourth-order valence-corrected chi connectivity index (χ4v) is 0.238. The van der Waals surface area contributed by atoms with E-state index in [-0.39, 0.29) is 0 Å². The molecular formula is C9H20N2. The molecule has 0 aromatic heterocycles. The molecule has 11 heavy (non-hydrogen) atoms. The van der Waals surface area contributed by atoms with Gasteiger partial charge in [0.2, 0.25) is 0 Å². The Morgan fingerprint density at radius 2 is 1.64 bits per heavy atom. The second-order valence-electron chi connectivity index (χ2n) is 2.40. The summed E-state index contributed by atoms with van der Waals surface area (Å²) in [5.74, 6) is 0. The van der Waals surface area contributed by atoms with E-state index < -0.39 is 0 Å². The second kappa shape index (κ2) is 12.1. The van der Waals surface area contributed by atoms with Crippen LogP contribution in [-0.2, 0) is 0 Å². The van der Waals surface area contributed by atoms with Gasteiger partial charge in [0, 0.05) is 12.3 Å². The lowest BCUT2D eigenvalue weighted by atomic mass is 10.5. The Morgan fingerprint density at radius 3 is 1.91 bits per heavy atom. The van der Waals surface area contributed by atoms with E-state index in [9.17, 15) is 0 Å². The van der Waals surface area contributed by atoms with Crippen LogP contribution in [0.3, 0.4) is 0 Å². The first-order valence-corrected chi connectivity index (χ1v) is 4.18. The molecule has 0 saturated heterocycles. The molecule has 0 N–H and O–H groups in total. The van der Waals surface area contributed by atoms with E-state index in [4.69, 9.17) is 0 Å². The van der Waals surface area contributed by atoms with E-state index >= 15 is 0 Å². The fourth-order valence-electron chi connectivity index (χ4n) is 0.238. The summed E-state index contributed by atoms with van der Waals surface area (Å²) < 4.78 is 0. The molecule has 0 atom stereocenters. The molecule has 0 amide bonds. The summed E-state index contributed by atoms with van der Waals surface area (Å²) in [5, 5.41) is 0. The second-order valence-corrected chi connectivity index (χ2v) is 2.40. The highest BCUT2D eigenvalue weighted by molar-refractivity contribution is 5.86. The van der Waals surface area contributed by atoms with Crippen LogP contribution >= 0.6 is 0 Å². The van der Waals surface area contributed by atoms with E-state index in [1.54, 1.807) is 6.34 Å². The van der Waals surface area contributed by atoms with Gasteiger partial charge >= 0.3 is 0 Å². The number of rotatable bonds is 2.